The van der Waals surface area contributed by atoms with E-state index in [2.05, 4.69) is 5.32 Å². The normalized spacial score (nSPS) is 20.5. The summed E-state index contributed by atoms with van der Waals surface area (Å²) in [5.41, 5.74) is 0.730. The third-order valence-electron chi connectivity index (χ3n) is 5.25. The molecule has 0 aromatic heterocycles. The number of amides is 3. The average molecular weight is 440 g/mol. The summed E-state index contributed by atoms with van der Waals surface area (Å²) in [6.45, 7) is 1.35. The molecule has 160 valence electrons. The lowest BCUT2D eigenvalue weighted by molar-refractivity contribution is -0.122. The summed E-state index contributed by atoms with van der Waals surface area (Å²) in [5.74, 6) is -1.62. The van der Waals surface area contributed by atoms with Crippen LogP contribution in [0.25, 0.3) is 0 Å². The van der Waals surface area contributed by atoms with Crippen molar-refractivity contribution in [2.75, 3.05) is 10.2 Å². The maximum absolute atomic E-state index is 12.8. The number of imide groups is 1. The van der Waals surface area contributed by atoms with Gasteiger partial charge in [-0.3, -0.25) is 14.4 Å². The van der Waals surface area contributed by atoms with E-state index in [4.69, 9.17) is 4.18 Å². The van der Waals surface area contributed by atoms with Crippen LogP contribution in [0.5, 0.6) is 5.75 Å². The molecule has 2 atom stereocenters. The summed E-state index contributed by atoms with van der Waals surface area (Å²) in [4.78, 5) is 37.6. The fraction of sp³-hybridized carbons (Fsp3) is 0.227. The molecule has 0 bridgehead atoms. The molecule has 2 aliphatic rings. The highest BCUT2D eigenvalue weighted by Gasteiger charge is 2.47. The summed E-state index contributed by atoms with van der Waals surface area (Å²) in [7, 11) is -4.16. The maximum Gasteiger partial charge on any atom is 0.339 e. The minimum absolute atomic E-state index is 0.0166. The van der Waals surface area contributed by atoms with Gasteiger partial charge in [0.15, 0.2) is 0 Å². The Morgan fingerprint density at radius 3 is 2.19 bits per heavy atom. The van der Waals surface area contributed by atoms with E-state index in [0.29, 0.717) is 18.5 Å². The van der Waals surface area contributed by atoms with Gasteiger partial charge in [-0.1, -0.05) is 18.2 Å². The number of nitrogens with zero attached hydrogens (tertiary/aromatic N) is 1. The molecule has 2 aromatic rings. The van der Waals surface area contributed by atoms with Crippen LogP contribution in [-0.2, 0) is 24.5 Å². The predicted molar refractivity (Wildman–Crippen MR) is 113 cm³/mol. The van der Waals surface area contributed by atoms with E-state index in [1.54, 1.807) is 6.07 Å². The fourth-order valence-electron chi connectivity index (χ4n) is 3.81. The van der Waals surface area contributed by atoms with Crippen LogP contribution >= 0.6 is 0 Å². The molecular formula is C22H20N2O6S. The number of carbonyl (C=O) groups is 3. The fourth-order valence-corrected chi connectivity index (χ4v) is 4.73. The van der Waals surface area contributed by atoms with Crippen LogP contribution in [0.1, 0.15) is 19.8 Å². The number of hydrogen-bond donors (Lipinski definition) is 1. The van der Waals surface area contributed by atoms with E-state index in [1.165, 1.54) is 49.4 Å². The Hall–Kier alpha value is -3.46. The Kier molecular flexibility index (Phi) is 5.36. The smallest absolute Gasteiger partial charge is 0.339 e. The number of hydrogen-bond acceptors (Lipinski definition) is 6. The van der Waals surface area contributed by atoms with Crippen molar-refractivity contribution in [3.63, 3.8) is 0 Å². The highest BCUT2D eigenvalue weighted by molar-refractivity contribution is 7.87. The van der Waals surface area contributed by atoms with Crippen LogP contribution < -0.4 is 14.4 Å². The first-order valence-electron chi connectivity index (χ1n) is 9.71. The van der Waals surface area contributed by atoms with Gasteiger partial charge in [0.2, 0.25) is 17.7 Å². The molecule has 0 radical (unpaired) electrons. The minimum atomic E-state index is -4.16. The molecular weight excluding hydrogens is 420 g/mol. The first-order chi connectivity index (χ1) is 14.8. The Labute approximate surface area is 179 Å². The molecule has 1 aliphatic carbocycles. The van der Waals surface area contributed by atoms with Crippen molar-refractivity contribution in [1.29, 1.82) is 0 Å². The highest BCUT2D eigenvalue weighted by Crippen LogP contribution is 2.38. The van der Waals surface area contributed by atoms with E-state index in [9.17, 15) is 22.8 Å². The molecule has 8 nitrogen and oxygen atoms in total. The standard InChI is InChI=1S/C22H20N2O6S/c1-14(25)23-15-9-11-18(12-10-15)31(28,29)30-17-6-4-5-16(13-17)24-21(26)19-7-2-3-8-20(19)22(24)27/h2-6,9-13,19-20H,7-8H2,1H3,(H,23,25)/t19-,20-/m1/s1. The van der Waals surface area contributed by atoms with E-state index in [1.807, 2.05) is 12.2 Å². The summed E-state index contributed by atoms with van der Waals surface area (Å²) in [6, 6.07) is 11.4. The van der Waals surface area contributed by atoms with Gasteiger partial charge in [-0.2, -0.15) is 8.42 Å². The predicted octanol–water partition coefficient (Wildman–Crippen LogP) is 2.87. The second-order valence-electron chi connectivity index (χ2n) is 7.41. The third-order valence-corrected chi connectivity index (χ3v) is 6.51. The van der Waals surface area contributed by atoms with Gasteiger partial charge in [-0.25, -0.2) is 4.90 Å². The molecule has 0 unspecified atom stereocenters. The van der Waals surface area contributed by atoms with Crippen molar-refractivity contribution in [3.05, 3.63) is 60.7 Å². The molecule has 9 heteroatoms. The van der Waals surface area contributed by atoms with Crippen molar-refractivity contribution in [2.24, 2.45) is 11.8 Å². The van der Waals surface area contributed by atoms with Gasteiger partial charge in [0, 0.05) is 18.7 Å². The molecule has 1 heterocycles. The first kappa shape index (κ1) is 20.8. The molecule has 1 fully saturated rings. The lowest BCUT2D eigenvalue weighted by Crippen LogP contribution is -2.30. The zero-order valence-electron chi connectivity index (χ0n) is 16.6. The average Bonchev–Trinajstić information content (AvgIpc) is 2.98. The zero-order chi connectivity index (χ0) is 22.2. The van der Waals surface area contributed by atoms with Crippen LogP contribution in [0.3, 0.4) is 0 Å². The number of allylic oxidation sites excluding steroid dienone is 2. The first-order valence-corrected chi connectivity index (χ1v) is 11.1. The largest absolute Gasteiger partial charge is 0.379 e. The lowest BCUT2D eigenvalue weighted by Gasteiger charge is -2.16. The van der Waals surface area contributed by atoms with Crippen LogP contribution in [0.2, 0.25) is 0 Å². The summed E-state index contributed by atoms with van der Waals surface area (Å²) >= 11 is 0. The number of fused-ring (bicyclic) bond motifs is 1. The summed E-state index contributed by atoms with van der Waals surface area (Å²) in [5, 5.41) is 2.55. The second-order valence-corrected chi connectivity index (χ2v) is 8.95. The number of anilines is 2. The monoisotopic (exact) mass is 440 g/mol. The van der Waals surface area contributed by atoms with Crippen molar-refractivity contribution in [2.45, 2.75) is 24.7 Å². The molecule has 1 N–H and O–H groups in total. The highest BCUT2D eigenvalue weighted by atomic mass is 32.2. The van der Waals surface area contributed by atoms with Crippen LogP contribution in [0, 0.1) is 11.8 Å². The van der Waals surface area contributed by atoms with Crippen molar-refractivity contribution in [3.8, 4) is 5.75 Å². The topological polar surface area (TPSA) is 110 Å². The van der Waals surface area contributed by atoms with Crippen LogP contribution in [0.4, 0.5) is 11.4 Å². The number of benzene rings is 2. The maximum atomic E-state index is 12.8. The van der Waals surface area contributed by atoms with Gasteiger partial charge in [0.05, 0.1) is 17.5 Å². The third kappa shape index (κ3) is 4.09. The molecule has 1 aliphatic heterocycles. The summed E-state index contributed by atoms with van der Waals surface area (Å²) in [6.07, 6.45) is 4.84. The molecule has 3 amide bonds. The van der Waals surface area contributed by atoms with Crippen LogP contribution in [0.15, 0.2) is 65.6 Å². The molecule has 0 saturated carbocycles. The lowest BCUT2D eigenvalue weighted by atomic mass is 9.85. The Balaban J connectivity index is 1.55. The Morgan fingerprint density at radius 2 is 1.61 bits per heavy atom. The Bertz CT molecular complexity index is 1160. The Morgan fingerprint density at radius 1 is 1.00 bits per heavy atom. The van der Waals surface area contributed by atoms with E-state index >= 15 is 0 Å². The second kappa shape index (κ2) is 7.99. The molecule has 4 rings (SSSR count). The molecule has 31 heavy (non-hydrogen) atoms. The van der Waals surface area contributed by atoms with Gasteiger partial charge in [0.1, 0.15) is 10.6 Å². The van der Waals surface area contributed by atoms with Crippen molar-refractivity contribution < 1.29 is 27.0 Å². The van der Waals surface area contributed by atoms with E-state index in [0.717, 1.165) is 4.90 Å². The summed E-state index contributed by atoms with van der Waals surface area (Å²) < 4.78 is 30.5. The molecule has 2 aromatic carbocycles. The van der Waals surface area contributed by atoms with Gasteiger partial charge in [-0.15, -0.1) is 0 Å². The SMILES string of the molecule is CC(=O)Nc1ccc(S(=O)(=O)Oc2cccc(N3C(=O)[C@@H]4CC=CC[C@H]4C3=O)c2)cc1. The number of rotatable bonds is 5. The van der Waals surface area contributed by atoms with E-state index in [-0.39, 0.29) is 45.9 Å². The van der Waals surface area contributed by atoms with Gasteiger partial charge in [0.25, 0.3) is 0 Å². The zero-order valence-corrected chi connectivity index (χ0v) is 17.5. The van der Waals surface area contributed by atoms with E-state index < -0.39 is 10.1 Å². The van der Waals surface area contributed by atoms with Crippen molar-refractivity contribution in [1.82, 2.24) is 0 Å². The quantitative estimate of drug-likeness (QED) is 0.435. The molecule has 0 spiro atoms. The van der Waals surface area contributed by atoms with Crippen molar-refractivity contribution >= 4 is 39.2 Å². The number of nitrogens with one attached hydrogen (secondary N) is 1. The number of carbonyl (C=O) groups excluding carboxylic acids is 3. The van der Waals surface area contributed by atoms with Crippen LogP contribution in [-0.4, -0.2) is 26.1 Å². The van der Waals surface area contributed by atoms with Gasteiger partial charge in [-0.05, 0) is 49.2 Å². The van der Waals surface area contributed by atoms with Gasteiger partial charge >= 0.3 is 10.1 Å². The minimum Gasteiger partial charge on any atom is -0.379 e. The van der Waals surface area contributed by atoms with Gasteiger partial charge < -0.3 is 9.50 Å². The molecule has 1 saturated heterocycles.